The quantitative estimate of drug-likeness (QED) is 0.630. The molecule has 0 saturated carbocycles. The molecule has 0 aliphatic carbocycles. The highest BCUT2D eigenvalue weighted by molar-refractivity contribution is 5.84. The lowest BCUT2D eigenvalue weighted by Crippen LogP contribution is -2.51. The van der Waals surface area contributed by atoms with Crippen molar-refractivity contribution in [1.82, 2.24) is 10.2 Å². The molecule has 0 rings (SSSR count). The third-order valence-corrected chi connectivity index (χ3v) is 1.42. The van der Waals surface area contributed by atoms with E-state index in [1.165, 1.54) is 0 Å². The number of carboxylic acids is 2. The van der Waals surface area contributed by atoms with Gasteiger partial charge in [-0.15, -0.1) is 0 Å². The zero-order valence-electron chi connectivity index (χ0n) is 9.48. The smallest absolute Gasteiger partial charge is 0.323 e. The number of urea groups is 1. The van der Waals surface area contributed by atoms with E-state index < -0.39 is 36.6 Å². The molecule has 0 bridgehead atoms. The van der Waals surface area contributed by atoms with Crippen molar-refractivity contribution in [3.63, 3.8) is 0 Å². The van der Waals surface area contributed by atoms with E-state index in [1.807, 2.05) is 0 Å². The molecule has 0 unspecified atom stereocenters. The maximum atomic E-state index is 11.5. The van der Waals surface area contributed by atoms with Crippen molar-refractivity contribution in [2.45, 2.75) is 26.3 Å². The molecule has 0 aliphatic heterocycles. The molecule has 0 aromatic rings. The fourth-order valence-corrected chi connectivity index (χ4v) is 0.926. The summed E-state index contributed by atoms with van der Waals surface area (Å²) in [4.78, 5) is 33.1. The van der Waals surface area contributed by atoms with Crippen LogP contribution in [0.3, 0.4) is 0 Å². The Morgan fingerprint density at radius 1 is 1.06 bits per heavy atom. The van der Waals surface area contributed by atoms with Crippen molar-refractivity contribution >= 4 is 18.0 Å². The molecule has 0 heterocycles. The first-order chi connectivity index (χ1) is 7.11. The zero-order chi connectivity index (χ0) is 12.9. The van der Waals surface area contributed by atoms with Crippen LogP contribution < -0.4 is 5.32 Å². The maximum Gasteiger partial charge on any atom is 0.323 e. The van der Waals surface area contributed by atoms with Crippen molar-refractivity contribution in [3.8, 4) is 0 Å². The zero-order valence-corrected chi connectivity index (χ0v) is 9.48. The molecule has 0 aromatic carbocycles. The minimum atomic E-state index is -1.26. The van der Waals surface area contributed by atoms with Crippen LogP contribution in [0.15, 0.2) is 0 Å². The van der Waals surface area contributed by atoms with Gasteiger partial charge in [0.25, 0.3) is 0 Å². The summed E-state index contributed by atoms with van der Waals surface area (Å²) in [6, 6.07) is -0.711. The van der Waals surface area contributed by atoms with Gasteiger partial charge < -0.3 is 20.4 Å². The molecule has 16 heavy (non-hydrogen) atoms. The first-order valence-corrected chi connectivity index (χ1v) is 4.62. The lowest BCUT2D eigenvalue weighted by atomic mass is 10.1. The number of carboxylic acid groups (broad SMARTS) is 2. The van der Waals surface area contributed by atoms with Gasteiger partial charge in [-0.05, 0) is 20.8 Å². The van der Waals surface area contributed by atoms with Crippen LogP contribution in [0.25, 0.3) is 0 Å². The molecule has 0 spiro atoms. The summed E-state index contributed by atoms with van der Waals surface area (Å²) in [5, 5.41) is 19.5. The minimum Gasteiger partial charge on any atom is -0.480 e. The monoisotopic (exact) mass is 232 g/mol. The number of carbonyl (C=O) groups excluding carboxylic acids is 1. The van der Waals surface area contributed by atoms with Gasteiger partial charge in [0.05, 0.1) is 0 Å². The van der Waals surface area contributed by atoms with Crippen molar-refractivity contribution in [2.75, 3.05) is 13.1 Å². The second-order valence-corrected chi connectivity index (χ2v) is 4.32. The van der Waals surface area contributed by atoms with Crippen molar-refractivity contribution < 1.29 is 24.6 Å². The van der Waals surface area contributed by atoms with Gasteiger partial charge in [0.2, 0.25) is 0 Å². The van der Waals surface area contributed by atoms with Crippen LogP contribution in [-0.2, 0) is 9.59 Å². The van der Waals surface area contributed by atoms with Crippen molar-refractivity contribution in [2.24, 2.45) is 0 Å². The average molecular weight is 232 g/mol. The van der Waals surface area contributed by atoms with Crippen LogP contribution in [0.2, 0.25) is 0 Å². The molecule has 0 atom stereocenters. The average Bonchev–Trinajstić information content (AvgIpc) is 1.97. The molecule has 0 fully saturated rings. The lowest BCUT2D eigenvalue weighted by Gasteiger charge is -2.26. The number of carbonyl (C=O) groups is 3. The molecular weight excluding hydrogens is 216 g/mol. The second kappa shape index (κ2) is 5.34. The van der Waals surface area contributed by atoms with Crippen LogP contribution in [0.5, 0.6) is 0 Å². The van der Waals surface area contributed by atoms with Crippen LogP contribution in [0.1, 0.15) is 20.8 Å². The number of nitrogens with zero attached hydrogens (tertiary/aromatic N) is 1. The fraction of sp³-hybridized carbons (Fsp3) is 0.667. The second-order valence-electron chi connectivity index (χ2n) is 4.32. The van der Waals surface area contributed by atoms with Crippen molar-refractivity contribution in [1.29, 1.82) is 0 Å². The largest absolute Gasteiger partial charge is 0.480 e. The Morgan fingerprint density at radius 2 is 1.44 bits per heavy atom. The summed E-state index contributed by atoms with van der Waals surface area (Å²) in [7, 11) is 0. The van der Waals surface area contributed by atoms with E-state index in [9.17, 15) is 14.4 Å². The Kier molecular flexibility index (Phi) is 4.74. The number of hydrogen-bond donors (Lipinski definition) is 3. The number of hydrogen-bond acceptors (Lipinski definition) is 3. The van der Waals surface area contributed by atoms with E-state index in [4.69, 9.17) is 10.2 Å². The molecule has 92 valence electrons. The highest BCUT2D eigenvalue weighted by atomic mass is 16.4. The highest BCUT2D eigenvalue weighted by Gasteiger charge is 2.23. The van der Waals surface area contributed by atoms with Gasteiger partial charge in [0, 0.05) is 5.54 Å². The Balaban J connectivity index is 4.56. The van der Waals surface area contributed by atoms with Gasteiger partial charge in [-0.25, -0.2) is 4.79 Å². The predicted octanol–water partition coefficient (Wildman–Crippen LogP) is -0.0343. The van der Waals surface area contributed by atoms with E-state index >= 15 is 0 Å². The van der Waals surface area contributed by atoms with E-state index in [-0.39, 0.29) is 0 Å². The molecule has 7 heteroatoms. The fourth-order valence-electron chi connectivity index (χ4n) is 0.926. The summed E-state index contributed by atoms with van der Waals surface area (Å²) >= 11 is 0. The topological polar surface area (TPSA) is 107 Å². The van der Waals surface area contributed by atoms with Crippen LogP contribution in [0, 0.1) is 0 Å². The summed E-state index contributed by atoms with van der Waals surface area (Å²) < 4.78 is 0. The van der Waals surface area contributed by atoms with Crippen LogP contribution >= 0.6 is 0 Å². The van der Waals surface area contributed by atoms with Gasteiger partial charge >= 0.3 is 18.0 Å². The standard InChI is InChI=1S/C9H16N2O5/c1-9(2,3)10-8(16)11(4-6(12)13)5-7(14)15/h4-5H2,1-3H3,(H,10,16)(H,12,13)(H,14,15). The molecular formula is C9H16N2O5. The SMILES string of the molecule is CC(C)(C)NC(=O)N(CC(=O)O)CC(=O)O. The summed E-state index contributed by atoms with van der Waals surface area (Å²) in [5.41, 5.74) is -0.549. The Bertz CT molecular complexity index is 279. The number of aliphatic carboxylic acids is 2. The summed E-state index contributed by atoms with van der Waals surface area (Å²) in [5.74, 6) is -2.52. The predicted molar refractivity (Wildman–Crippen MR) is 55.1 cm³/mol. The van der Waals surface area contributed by atoms with Crippen molar-refractivity contribution in [3.05, 3.63) is 0 Å². The molecule has 0 aromatic heterocycles. The molecule has 7 nitrogen and oxygen atoms in total. The first-order valence-electron chi connectivity index (χ1n) is 4.62. The van der Waals surface area contributed by atoms with Gasteiger partial charge in [-0.1, -0.05) is 0 Å². The lowest BCUT2D eigenvalue weighted by molar-refractivity contribution is -0.140. The van der Waals surface area contributed by atoms with E-state index in [0.29, 0.717) is 0 Å². The minimum absolute atomic E-state index is 0.549. The third kappa shape index (κ3) is 6.63. The maximum absolute atomic E-state index is 11.5. The molecule has 0 radical (unpaired) electrons. The van der Waals surface area contributed by atoms with E-state index in [1.54, 1.807) is 20.8 Å². The molecule has 3 N–H and O–H groups in total. The first kappa shape index (κ1) is 14.2. The molecule has 2 amide bonds. The Labute approximate surface area is 93.0 Å². The van der Waals surface area contributed by atoms with Crippen LogP contribution in [-0.4, -0.2) is 51.7 Å². The van der Waals surface area contributed by atoms with Gasteiger partial charge in [-0.2, -0.15) is 0 Å². The van der Waals surface area contributed by atoms with E-state index in [0.717, 1.165) is 4.90 Å². The third-order valence-electron chi connectivity index (χ3n) is 1.42. The number of nitrogens with one attached hydrogen (secondary N) is 1. The van der Waals surface area contributed by atoms with Gasteiger partial charge in [0.15, 0.2) is 0 Å². The highest BCUT2D eigenvalue weighted by Crippen LogP contribution is 2.01. The summed E-state index contributed by atoms with van der Waals surface area (Å²) in [6.45, 7) is 3.85. The molecule has 0 aliphatic rings. The van der Waals surface area contributed by atoms with Crippen LogP contribution in [0.4, 0.5) is 4.79 Å². The number of rotatable bonds is 4. The summed E-state index contributed by atoms with van der Waals surface area (Å²) in [6.07, 6.45) is 0. The Morgan fingerprint density at radius 3 is 1.69 bits per heavy atom. The normalized spacial score (nSPS) is 10.7. The Hall–Kier alpha value is -1.79. The number of amides is 2. The van der Waals surface area contributed by atoms with Gasteiger partial charge in [-0.3, -0.25) is 9.59 Å². The molecule has 0 saturated heterocycles. The van der Waals surface area contributed by atoms with Gasteiger partial charge in [0.1, 0.15) is 13.1 Å². The van der Waals surface area contributed by atoms with E-state index in [2.05, 4.69) is 5.32 Å².